The predicted octanol–water partition coefficient (Wildman–Crippen LogP) is 1.64. The fourth-order valence-electron chi connectivity index (χ4n) is 0.742. The second-order valence-corrected chi connectivity index (χ2v) is 2.65. The highest BCUT2D eigenvalue weighted by Crippen LogP contribution is 2.37. The van der Waals surface area contributed by atoms with Gasteiger partial charge in [0.2, 0.25) is 0 Å². The van der Waals surface area contributed by atoms with Gasteiger partial charge in [-0.05, 0) is 6.92 Å². The molecule has 0 aliphatic heterocycles. The second-order valence-electron chi connectivity index (χ2n) is 2.27. The quantitative estimate of drug-likeness (QED) is 0.523. The van der Waals surface area contributed by atoms with E-state index in [-0.39, 0.29) is 22.2 Å². The van der Waals surface area contributed by atoms with E-state index in [0.717, 1.165) is 0 Å². The van der Waals surface area contributed by atoms with Crippen LogP contribution in [-0.4, -0.2) is 10.2 Å². The third-order valence-corrected chi connectivity index (χ3v) is 1.89. The average molecular weight is 174 g/mol. The van der Waals surface area contributed by atoms with Crippen molar-refractivity contribution in [2.75, 3.05) is 5.73 Å². The number of phenolic OH excluding ortho intramolecular Hbond substituents is 2. The number of hydrogen-bond acceptors (Lipinski definition) is 3. The summed E-state index contributed by atoms with van der Waals surface area (Å²) >= 11 is 5.57. The van der Waals surface area contributed by atoms with Crippen molar-refractivity contribution in [1.82, 2.24) is 0 Å². The van der Waals surface area contributed by atoms with Gasteiger partial charge >= 0.3 is 0 Å². The van der Waals surface area contributed by atoms with E-state index in [2.05, 4.69) is 0 Å². The summed E-state index contributed by atoms with van der Waals surface area (Å²) in [6.45, 7) is 1.55. The lowest BCUT2D eigenvalue weighted by atomic mass is 10.2. The molecular formula is C7H8ClNO2. The van der Waals surface area contributed by atoms with Crippen molar-refractivity contribution in [2.45, 2.75) is 6.92 Å². The molecule has 0 aromatic heterocycles. The zero-order chi connectivity index (χ0) is 8.59. The van der Waals surface area contributed by atoms with Gasteiger partial charge in [-0.2, -0.15) is 0 Å². The molecule has 0 unspecified atom stereocenters. The van der Waals surface area contributed by atoms with Crippen LogP contribution >= 0.6 is 11.6 Å². The zero-order valence-corrected chi connectivity index (χ0v) is 6.68. The van der Waals surface area contributed by atoms with Crippen molar-refractivity contribution < 1.29 is 10.2 Å². The first-order valence-electron chi connectivity index (χ1n) is 3.00. The number of phenols is 2. The van der Waals surface area contributed by atoms with Gasteiger partial charge < -0.3 is 15.9 Å². The van der Waals surface area contributed by atoms with E-state index in [1.165, 1.54) is 6.07 Å². The molecule has 1 rings (SSSR count). The van der Waals surface area contributed by atoms with Crippen molar-refractivity contribution in [3.05, 3.63) is 16.7 Å². The molecule has 0 amide bonds. The van der Waals surface area contributed by atoms with Crippen LogP contribution in [0.25, 0.3) is 0 Å². The Bertz CT molecular complexity index is 273. The van der Waals surface area contributed by atoms with Crippen LogP contribution < -0.4 is 5.73 Å². The van der Waals surface area contributed by atoms with Gasteiger partial charge in [0.25, 0.3) is 0 Å². The summed E-state index contributed by atoms with van der Waals surface area (Å²) < 4.78 is 0. The molecule has 0 spiro atoms. The normalized spacial score (nSPS) is 10.0. The molecule has 1 aromatic carbocycles. The van der Waals surface area contributed by atoms with E-state index in [9.17, 15) is 5.11 Å². The Hall–Kier alpha value is -1.09. The minimum atomic E-state index is -0.163. The minimum absolute atomic E-state index is 0.0515. The van der Waals surface area contributed by atoms with Gasteiger partial charge in [0, 0.05) is 11.6 Å². The molecular weight excluding hydrogens is 166 g/mol. The number of benzene rings is 1. The Labute approximate surface area is 69.0 Å². The van der Waals surface area contributed by atoms with Gasteiger partial charge in [-0.3, -0.25) is 0 Å². The van der Waals surface area contributed by atoms with E-state index < -0.39 is 0 Å². The fraction of sp³-hybridized carbons (Fsp3) is 0.143. The van der Waals surface area contributed by atoms with E-state index in [1.54, 1.807) is 6.92 Å². The van der Waals surface area contributed by atoms with Gasteiger partial charge in [-0.1, -0.05) is 11.6 Å². The maximum absolute atomic E-state index is 9.20. The van der Waals surface area contributed by atoms with Crippen LogP contribution in [-0.2, 0) is 0 Å². The van der Waals surface area contributed by atoms with Crippen LogP contribution in [0.5, 0.6) is 11.5 Å². The van der Waals surface area contributed by atoms with Crippen molar-refractivity contribution in [1.29, 1.82) is 0 Å². The molecule has 0 aliphatic carbocycles. The third-order valence-electron chi connectivity index (χ3n) is 1.49. The Kier molecular flexibility index (Phi) is 1.83. The molecule has 0 bridgehead atoms. The monoisotopic (exact) mass is 173 g/mol. The molecule has 60 valence electrons. The largest absolute Gasteiger partial charge is 0.507 e. The molecule has 0 fully saturated rings. The predicted molar refractivity (Wildman–Crippen MR) is 43.9 cm³/mol. The number of hydrogen-bond donors (Lipinski definition) is 3. The number of halogens is 1. The Morgan fingerprint density at radius 2 is 2.00 bits per heavy atom. The molecule has 0 heterocycles. The van der Waals surface area contributed by atoms with Crippen molar-refractivity contribution >= 4 is 17.3 Å². The summed E-state index contributed by atoms with van der Waals surface area (Å²) in [5, 5.41) is 18.4. The van der Waals surface area contributed by atoms with E-state index >= 15 is 0 Å². The van der Waals surface area contributed by atoms with Crippen LogP contribution in [0.1, 0.15) is 5.56 Å². The van der Waals surface area contributed by atoms with E-state index in [1.807, 2.05) is 0 Å². The van der Waals surface area contributed by atoms with Crippen LogP contribution in [0.2, 0.25) is 5.02 Å². The maximum Gasteiger partial charge on any atom is 0.142 e. The molecule has 0 radical (unpaired) electrons. The molecule has 1 aromatic rings. The lowest BCUT2D eigenvalue weighted by Gasteiger charge is -2.05. The van der Waals surface area contributed by atoms with Crippen LogP contribution in [0.4, 0.5) is 5.69 Å². The Morgan fingerprint density at radius 3 is 2.55 bits per heavy atom. The molecule has 11 heavy (non-hydrogen) atoms. The number of rotatable bonds is 0. The fourth-order valence-corrected chi connectivity index (χ4v) is 0.938. The van der Waals surface area contributed by atoms with Crippen LogP contribution in [0.15, 0.2) is 6.07 Å². The Balaban J connectivity index is 3.46. The molecule has 0 atom stereocenters. The van der Waals surface area contributed by atoms with Gasteiger partial charge in [-0.15, -0.1) is 0 Å². The van der Waals surface area contributed by atoms with Crippen LogP contribution in [0.3, 0.4) is 0 Å². The number of aromatic hydroxyl groups is 2. The Morgan fingerprint density at radius 1 is 1.45 bits per heavy atom. The van der Waals surface area contributed by atoms with Gasteiger partial charge in [-0.25, -0.2) is 0 Å². The number of anilines is 1. The topological polar surface area (TPSA) is 66.5 Å². The van der Waals surface area contributed by atoms with Gasteiger partial charge in [0.05, 0.1) is 5.69 Å². The van der Waals surface area contributed by atoms with Crippen molar-refractivity contribution in [3.63, 3.8) is 0 Å². The molecule has 3 nitrogen and oxygen atoms in total. The molecule has 0 aliphatic rings. The number of nitrogens with two attached hydrogens (primary N) is 1. The highest BCUT2D eigenvalue weighted by atomic mass is 35.5. The summed E-state index contributed by atoms with van der Waals surface area (Å²) in [5.41, 5.74) is 5.85. The van der Waals surface area contributed by atoms with Crippen LogP contribution in [0, 0.1) is 6.92 Å². The average Bonchev–Trinajstić information content (AvgIpc) is 1.97. The molecule has 4 heteroatoms. The smallest absolute Gasteiger partial charge is 0.142 e. The van der Waals surface area contributed by atoms with Gasteiger partial charge in [0.15, 0.2) is 0 Å². The second kappa shape index (κ2) is 2.51. The SMILES string of the molecule is Cc1c(O)cc(N)c(Cl)c1O. The summed E-state index contributed by atoms with van der Waals surface area (Å²) in [4.78, 5) is 0. The van der Waals surface area contributed by atoms with Crippen molar-refractivity contribution in [2.24, 2.45) is 0 Å². The summed E-state index contributed by atoms with van der Waals surface area (Å²) in [5.74, 6) is -0.214. The van der Waals surface area contributed by atoms with E-state index in [0.29, 0.717) is 5.56 Å². The molecule has 0 saturated carbocycles. The highest BCUT2D eigenvalue weighted by Gasteiger charge is 2.09. The molecule has 4 N–H and O–H groups in total. The van der Waals surface area contributed by atoms with E-state index in [4.69, 9.17) is 22.4 Å². The lowest BCUT2D eigenvalue weighted by molar-refractivity contribution is 0.444. The van der Waals surface area contributed by atoms with Gasteiger partial charge in [0.1, 0.15) is 16.5 Å². The first kappa shape index (κ1) is 8.01. The summed E-state index contributed by atoms with van der Waals surface area (Å²) in [6.07, 6.45) is 0. The molecule has 0 saturated heterocycles. The number of nitrogen functional groups attached to an aromatic ring is 1. The standard InChI is InChI=1S/C7H8ClNO2/c1-3-5(10)2-4(9)6(8)7(3)11/h2,10-11H,9H2,1H3. The third kappa shape index (κ3) is 1.19. The lowest BCUT2D eigenvalue weighted by Crippen LogP contribution is -1.88. The minimum Gasteiger partial charge on any atom is -0.507 e. The highest BCUT2D eigenvalue weighted by molar-refractivity contribution is 6.34. The first-order valence-corrected chi connectivity index (χ1v) is 3.38. The summed E-state index contributed by atoms with van der Waals surface area (Å²) in [7, 11) is 0. The van der Waals surface area contributed by atoms with Crippen molar-refractivity contribution in [3.8, 4) is 11.5 Å². The maximum atomic E-state index is 9.20. The summed E-state index contributed by atoms with van der Waals surface area (Å²) in [6, 6.07) is 1.30. The zero-order valence-electron chi connectivity index (χ0n) is 5.93. The first-order chi connectivity index (χ1) is 5.04.